The molecule has 0 spiro atoms. The summed E-state index contributed by atoms with van der Waals surface area (Å²) in [6.45, 7) is 1.94. The number of hydrogen-bond donors (Lipinski definition) is 2. The van der Waals surface area contributed by atoms with Gasteiger partial charge in [0, 0.05) is 17.1 Å². The molecule has 6 nitrogen and oxygen atoms in total. The number of aliphatic carboxylic acids is 1. The maximum atomic E-state index is 14.9. The van der Waals surface area contributed by atoms with Crippen LogP contribution in [0.2, 0.25) is 5.02 Å². The Morgan fingerprint density at radius 2 is 2.03 bits per heavy atom. The van der Waals surface area contributed by atoms with Crippen molar-refractivity contribution >= 4 is 34.6 Å². The summed E-state index contributed by atoms with van der Waals surface area (Å²) < 4.78 is 21.9. The van der Waals surface area contributed by atoms with Gasteiger partial charge < -0.3 is 19.7 Å². The van der Waals surface area contributed by atoms with Crippen LogP contribution in [-0.4, -0.2) is 27.8 Å². The fraction of sp³-hybridized carbons (Fsp3) is 0.333. The zero-order valence-corrected chi connectivity index (χ0v) is 18.4. The molecule has 0 saturated heterocycles. The van der Waals surface area contributed by atoms with E-state index in [0.29, 0.717) is 47.2 Å². The maximum Gasteiger partial charge on any atom is 0.407 e. The number of alkyl carbamates (subject to hydrolysis) is 1. The number of nitrogens with one attached hydrogen (secondary N) is 1. The van der Waals surface area contributed by atoms with Crippen LogP contribution in [-0.2, 0) is 29.0 Å². The van der Waals surface area contributed by atoms with Crippen molar-refractivity contribution in [1.82, 2.24) is 9.88 Å². The monoisotopic (exact) mass is 458 g/mol. The number of benzene rings is 2. The molecule has 1 heterocycles. The van der Waals surface area contributed by atoms with Gasteiger partial charge in [0.05, 0.1) is 10.5 Å². The van der Waals surface area contributed by atoms with Crippen LogP contribution in [0, 0.1) is 5.82 Å². The van der Waals surface area contributed by atoms with Crippen LogP contribution < -0.4 is 5.32 Å². The van der Waals surface area contributed by atoms with E-state index in [4.69, 9.17) is 16.3 Å². The first-order chi connectivity index (χ1) is 15.4. The second-order valence-electron chi connectivity index (χ2n) is 7.96. The summed E-state index contributed by atoms with van der Waals surface area (Å²) >= 11 is 6.41. The summed E-state index contributed by atoms with van der Waals surface area (Å²) in [6.07, 6.45) is 1.24. The molecule has 1 amide bonds. The van der Waals surface area contributed by atoms with Crippen molar-refractivity contribution in [3.63, 3.8) is 0 Å². The summed E-state index contributed by atoms with van der Waals surface area (Å²) in [5, 5.41) is 13.3. The van der Waals surface area contributed by atoms with Crippen LogP contribution in [0.3, 0.4) is 0 Å². The molecular weight excluding hydrogens is 435 g/mol. The maximum absolute atomic E-state index is 14.9. The molecule has 168 valence electrons. The number of halogens is 2. The van der Waals surface area contributed by atoms with Crippen molar-refractivity contribution in [2.45, 2.75) is 51.3 Å². The van der Waals surface area contributed by atoms with Crippen molar-refractivity contribution < 1.29 is 23.8 Å². The number of ether oxygens (including phenoxy) is 1. The van der Waals surface area contributed by atoms with E-state index in [1.807, 2.05) is 30.3 Å². The number of carbonyl (C=O) groups excluding carboxylic acids is 1. The molecule has 0 radical (unpaired) electrons. The second-order valence-corrected chi connectivity index (χ2v) is 8.36. The lowest BCUT2D eigenvalue weighted by molar-refractivity contribution is -0.140. The standard InChI is InChI=1S/C24H24ClFN2O4/c1-2-19(23(29)30)28-20-11-8-15(27-24(31)32-13-14-6-4-3-5-7-14)12-16(20)21-18(26)10-9-17(25)22(21)28/h3-7,9-10,15,19H,2,8,11-13H2,1H3,(H,27,31)(H,29,30). The molecule has 0 bridgehead atoms. The third-order valence-electron chi connectivity index (χ3n) is 5.96. The normalized spacial score (nSPS) is 16.4. The van der Waals surface area contributed by atoms with E-state index in [-0.39, 0.29) is 12.6 Å². The Bertz CT molecular complexity index is 1160. The van der Waals surface area contributed by atoms with E-state index in [1.54, 1.807) is 11.5 Å². The number of rotatable bonds is 6. The first-order valence-corrected chi connectivity index (χ1v) is 11.0. The molecule has 8 heteroatoms. The summed E-state index contributed by atoms with van der Waals surface area (Å²) in [6, 6.07) is 11.0. The molecule has 4 rings (SSSR count). The van der Waals surface area contributed by atoms with Gasteiger partial charge in [-0.05, 0) is 48.9 Å². The van der Waals surface area contributed by atoms with Gasteiger partial charge in [0.25, 0.3) is 0 Å². The third kappa shape index (κ3) is 4.17. The first-order valence-electron chi connectivity index (χ1n) is 10.6. The molecule has 2 atom stereocenters. The quantitative estimate of drug-likeness (QED) is 0.528. The first kappa shape index (κ1) is 22.1. The lowest BCUT2D eigenvalue weighted by atomic mass is 9.91. The van der Waals surface area contributed by atoms with Gasteiger partial charge in [0.2, 0.25) is 0 Å². The van der Waals surface area contributed by atoms with Gasteiger partial charge >= 0.3 is 12.1 Å². The number of aromatic nitrogens is 1. The Morgan fingerprint density at radius 1 is 1.28 bits per heavy atom. The lowest BCUT2D eigenvalue weighted by Gasteiger charge is -2.26. The zero-order valence-electron chi connectivity index (χ0n) is 17.6. The van der Waals surface area contributed by atoms with Crippen molar-refractivity contribution in [2.24, 2.45) is 0 Å². The minimum atomic E-state index is -0.989. The summed E-state index contributed by atoms with van der Waals surface area (Å²) in [4.78, 5) is 24.2. The predicted molar refractivity (Wildman–Crippen MR) is 119 cm³/mol. The predicted octanol–water partition coefficient (Wildman–Crippen LogP) is 5.25. The topological polar surface area (TPSA) is 80.6 Å². The number of nitrogens with zero attached hydrogens (tertiary/aromatic N) is 1. The Balaban J connectivity index is 1.61. The minimum absolute atomic E-state index is 0.158. The Morgan fingerprint density at radius 3 is 2.72 bits per heavy atom. The number of carbonyl (C=O) groups is 2. The number of fused-ring (bicyclic) bond motifs is 3. The summed E-state index contributed by atoms with van der Waals surface area (Å²) in [5.41, 5.74) is 2.74. The van der Waals surface area contributed by atoms with Crippen molar-refractivity contribution in [2.75, 3.05) is 0 Å². The molecule has 2 unspecified atom stereocenters. The average molecular weight is 459 g/mol. The largest absolute Gasteiger partial charge is 0.480 e. The van der Waals surface area contributed by atoms with Gasteiger partial charge in [-0.2, -0.15) is 0 Å². The Hall–Kier alpha value is -3.06. The highest BCUT2D eigenvalue weighted by atomic mass is 35.5. The van der Waals surface area contributed by atoms with Crippen molar-refractivity contribution in [3.05, 3.63) is 70.1 Å². The van der Waals surface area contributed by atoms with Gasteiger partial charge in [-0.15, -0.1) is 0 Å². The van der Waals surface area contributed by atoms with E-state index < -0.39 is 23.9 Å². The SMILES string of the molecule is CCC(C(=O)O)n1c2c(c3c(F)ccc(Cl)c31)CC(NC(=O)OCc1ccccc1)CC2. The van der Waals surface area contributed by atoms with E-state index in [0.717, 1.165) is 11.3 Å². The van der Waals surface area contributed by atoms with E-state index in [9.17, 15) is 19.1 Å². The van der Waals surface area contributed by atoms with Crippen LogP contribution in [0.1, 0.15) is 42.6 Å². The summed E-state index contributed by atoms with van der Waals surface area (Å²) in [7, 11) is 0. The zero-order chi connectivity index (χ0) is 22.8. The lowest BCUT2D eigenvalue weighted by Crippen LogP contribution is -2.39. The molecule has 2 N–H and O–H groups in total. The molecule has 1 aromatic heterocycles. The Labute approximate surface area is 189 Å². The fourth-order valence-corrected chi connectivity index (χ4v) is 4.75. The molecule has 2 aromatic carbocycles. The average Bonchev–Trinajstić information content (AvgIpc) is 3.11. The van der Waals surface area contributed by atoms with Crippen molar-refractivity contribution in [1.29, 1.82) is 0 Å². The van der Waals surface area contributed by atoms with E-state index in [2.05, 4.69) is 5.32 Å². The molecule has 0 aliphatic heterocycles. The molecule has 1 aliphatic carbocycles. The highest BCUT2D eigenvalue weighted by Gasteiger charge is 2.33. The Kier molecular flexibility index (Phi) is 6.37. The molecule has 0 saturated carbocycles. The number of carboxylic acids is 1. The van der Waals surface area contributed by atoms with E-state index in [1.165, 1.54) is 12.1 Å². The van der Waals surface area contributed by atoms with Crippen LogP contribution in [0.15, 0.2) is 42.5 Å². The van der Waals surface area contributed by atoms with Crippen LogP contribution in [0.5, 0.6) is 0 Å². The smallest absolute Gasteiger partial charge is 0.407 e. The third-order valence-corrected chi connectivity index (χ3v) is 6.26. The molecular formula is C24H24ClFN2O4. The second kappa shape index (κ2) is 9.20. The minimum Gasteiger partial charge on any atom is -0.480 e. The van der Waals surface area contributed by atoms with Crippen LogP contribution in [0.4, 0.5) is 9.18 Å². The number of amides is 1. The highest BCUT2D eigenvalue weighted by molar-refractivity contribution is 6.35. The van der Waals surface area contributed by atoms with Gasteiger partial charge in [0.1, 0.15) is 18.5 Å². The molecule has 32 heavy (non-hydrogen) atoms. The molecule has 1 aliphatic rings. The highest BCUT2D eigenvalue weighted by Crippen LogP contribution is 2.40. The number of hydrogen-bond acceptors (Lipinski definition) is 3. The molecule has 3 aromatic rings. The van der Waals surface area contributed by atoms with Gasteiger partial charge in [-0.3, -0.25) is 0 Å². The van der Waals surface area contributed by atoms with E-state index >= 15 is 0 Å². The number of carboxylic acid groups (broad SMARTS) is 1. The van der Waals surface area contributed by atoms with Crippen LogP contribution in [0.25, 0.3) is 10.9 Å². The van der Waals surface area contributed by atoms with Crippen molar-refractivity contribution in [3.8, 4) is 0 Å². The van der Waals surface area contributed by atoms with Gasteiger partial charge in [-0.25, -0.2) is 14.0 Å². The van der Waals surface area contributed by atoms with Gasteiger partial charge in [0.15, 0.2) is 0 Å². The van der Waals surface area contributed by atoms with Crippen LogP contribution >= 0.6 is 11.6 Å². The van der Waals surface area contributed by atoms with Gasteiger partial charge in [-0.1, -0.05) is 48.9 Å². The fourth-order valence-electron chi connectivity index (χ4n) is 4.51. The molecule has 0 fully saturated rings. The summed E-state index contributed by atoms with van der Waals surface area (Å²) in [5.74, 6) is -1.44.